The normalized spacial score (nSPS) is 13.2. The van der Waals surface area contributed by atoms with Gasteiger partial charge in [0.25, 0.3) is 0 Å². The summed E-state index contributed by atoms with van der Waals surface area (Å²) in [6.07, 6.45) is 0.873. The Balaban J connectivity index is 4.04. The van der Waals surface area contributed by atoms with E-state index in [0.29, 0.717) is 0 Å². The fraction of sp³-hybridized carbons (Fsp3) is 0.857. The molecule has 0 radical (unpaired) electrons. The maximum atomic E-state index is 5.16. The van der Waals surface area contributed by atoms with Gasteiger partial charge in [-0.15, -0.1) is 5.16 Å². The number of oxime groups is 1. The van der Waals surface area contributed by atoms with Gasteiger partial charge in [-0.05, 0) is 13.3 Å². The summed E-state index contributed by atoms with van der Waals surface area (Å²) in [5, 5.41) is 3.88. The Morgan fingerprint density at radius 2 is 1.83 bits per heavy atom. The zero-order chi connectivity index (χ0) is 9.61. The van der Waals surface area contributed by atoms with Gasteiger partial charge in [-0.3, -0.25) is 0 Å². The van der Waals surface area contributed by atoms with Gasteiger partial charge in [-0.25, -0.2) is 0 Å². The second-order valence-corrected chi connectivity index (χ2v) is 5.27. The Morgan fingerprint density at radius 3 is 2.17 bits per heavy atom. The molecule has 0 rings (SSSR count). The van der Waals surface area contributed by atoms with Gasteiger partial charge in [0.05, 0.1) is 5.71 Å². The maximum absolute atomic E-state index is 5.16. The molecule has 0 amide bonds. The molecule has 72 valence electrons. The summed E-state index contributed by atoms with van der Waals surface area (Å²) in [4.78, 5) is 0. The van der Waals surface area contributed by atoms with Crippen LogP contribution in [0.25, 0.3) is 0 Å². The van der Waals surface area contributed by atoms with Crippen LogP contribution in [0.2, 0.25) is 6.55 Å². The van der Waals surface area contributed by atoms with Gasteiger partial charge >= 0.3 is 8.80 Å². The van der Waals surface area contributed by atoms with Crippen LogP contribution in [0, 0.1) is 0 Å². The van der Waals surface area contributed by atoms with Crippen molar-refractivity contribution < 1.29 is 13.4 Å². The van der Waals surface area contributed by atoms with E-state index in [1.165, 1.54) is 0 Å². The summed E-state index contributed by atoms with van der Waals surface area (Å²) in [5.74, 6) is 0. The van der Waals surface area contributed by atoms with Crippen molar-refractivity contribution in [1.82, 2.24) is 0 Å². The SMILES string of the molecule is CCC(C)=NO[Si](C)(OC)OC. The highest BCUT2D eigenvalue weighted by Crippen LogP contribution is 2.06. The number of hydrogen-bond acceptors (Lipinski definition) is 4. The monoisotopic (exact) mass is 191 g/mol. The summed E-state index contributed by atoms with van der Waals surface area (Å²) in [6, 6.07) is 0. The van der Waals surface area contributed by atoms with Gasteiger partial charge in [-0.2, -0.15) is 0 Å². The fourth-order valence-electron chi connectivity index (χ4n) is 0.383. The molecule has 0 aromatic rings. The van der Waals surface area contributed by atoms with E-state index in [4.69, 9.17) is 13.4 Å². The molecule has 4 nitrogen and oxygen atoms in total. The first-order valence-electron chi connectivity index (χ1n) is 3.90. The lowest BCUT2D eigenvalue weighted by Gasteiger charge is -2.18. The zero-order valence-corrected chi connectivity index (χ0v) is 9.38. The largest absolute Gasteiger partial charge is 0.583 e. The van der Waals surface area contributed by atoms with Crippen LogP contribution < -0.4 is 0 Å². The van der Waals surface area contributed by atoms with E-state index in [9.17, 15) is 0 Å². The third-order valence-corrected chi connectivity index (χ3v) is 3.53. The van der Waals surface area contributed by atoms with E-state index in [2.05, 4.69) is 5.16 Å². The van der Waals surface area contributed by atoms with Crippen molar-refractivity contribution in [3.05, 3.63) is 0 Å². The van der Waals surface area contributed by atoms with Crippen molar-refractivity contribution in [3.63, 3.8) is 0 Å². The molecule has 0 N–H and O–H groups in total. The van der Waals surface area contributed by atoms with Gasteiger partial charge in [0.1, 0.15) is 0 Å². The lowest BCUT2D eigenvalue weighted by atomic mass is 10.3. The van der Waals surface area contributed by atoms with Crippen molar-refractivity contribution in [3.8, 4) is 0 Å². The number of rotatable bonds is 5. The molecule has 0 unspecified atom stereocenters. The topological polar surface area (TPSA) is 40.0 Å². The first-order valence-corrected chi connectivity index (χ1v) is 6.12. The number of hydrogen-bond donors (Lipinski definition) is 0. The van der Waals surface area contributed by atoms with Crippen molar-refractivity contribution in [1.29, 1.82) is 0 Å². The molecular weight excluding hydrogens is 174 g/mol. The zero-order valence-electron chi connectivity index (χ0n) is 8.38. The minimum Gasteiger partial charge on any atom is -0.394 e. The van der Waals surface area contributed by atoms with Gasteiger partial charge in [0.2, 0.25) is 0 Å². The first kappa shape index (κ1) is 11.6. The molecular formula is C7H17NO3Si. The van der Waals surface area contributed by atoms with Crippen LogP contribution in [0.4, 0.5) is 0 Å². The third kappa shape index (κ3) is 3.84. The highest BCUT2D eigenvalue weighted by atomic mass is 28.4. The van der Waals surface area contributed by atoms with Crippen LogP contribution in [0.3, 0.4) is 0 Å². The molecule has 0 aromatic carbocycles. The fourth-order valence-corrected chi connectivity index (χ4v) is 1.02. The van der Waals surface area contributed by atoms with Crippen LogP contribution in [-0.2, 0) is 13.4 Å². The van der Waals surface area contributed by atoms with Crippen LogP contribution >= 0.6 is 0 Å². The molecule has 0 fully saturated rings. The molecule has 0 aliphatic heterocycles. The average molecular weight is 191 g/mol. The van der Waals surface area contributed by atoms with Crippen LogP contribution in [0.15, 0.2) is 5.16 Å². The maximum Gasteiger partial charge on any atom is 0.583 e. The standard InChI is InChI=1S/C7H17NO3Si/c1-6-7(2)8-11-12(5,9-3)10-4/h6H2,1-5H3. The lowest BCUT2D eigenvalue weighted by Crippen LogP contribution is -2.38. The quantitative estimate of drug-likeness (QED) is 0.377. The van der Waals surface area contributed by atoms with Crippen molar-refractivity contribution in [2.45, 2.75) is 26.8 Å². The van der Waals surface area contributed by atoms with Crippen molar-refractivity contribution in [2.24, 2.45) is 5.16 Å². The van der Waals surface area contributed by atoms with Crippen LogP contribution in [-0.4, -0.2) is 28.7 Å². The van der Waals surface area contributed by atoms with E-state index >= 15 is 0 Å². The molecule has 0 spiro atoms. The molecule has 0 bridgehead atoms. The van der Waals surface area contributed by atoms with Gasteiger partial charge in [-0.1, -0.05) is 6.92 Å². The molecule has 5 heteroatoms. The Morgan fingerprint density at radius 1 is 1.33 bits per heavy atom. The highest BCUT2D eigenvalue weighted by Gasteiger charge is 2.34. The summed E-state index contributed by atoms with van der Waals surface area (Å²) >= 11 is 0. The Labute approximate surface area is 74.9 Å². The molecule has 0 saturated heterocycles. The van der Waals surface area contributed by atoms with E-state index in [1.54, 1.807) is 20.8 Å². The summed E-state index contributed by atoms with van der Waals surface area (Å²) in [7, 11) is 0.660. The molecule has 0 aliphatic rings. The van der Waals surface area contributed by atoms with Gasteiger partial charge < -0.3 is 13.4 Å². The van der Waals surface area contributed by atoms with Crippen LogP contribution in [0.1, 0.15) is 20.3 Å². The molecule has 12 heavy (non-hydrogen) atoms. The summed E-state index contributed by atoms with van der Waals surface area (Å²) in [5.41, 5.74) is 0.933. The minimum atomic E-state index is -2.46. The van der Waals surface area contributed by atoms with E-state index in [-0.39, 0.29) is 0 Å². The second kappa shape index (κ2) is 5.29. The van der Waals surface area contributed by atoms with E-state index in [1.807, 2.05) is 13.8 Å². The molecule has 0 atom stereocenters. The Bertz CT molecular complexity index is 157. The van der Waals surface area contributed by atoms with Crippen LogP contribution in [0.5, 0.6) is 0 Å². The first-order chi connectivity index (χ1) is 5.58. The summed E-state index contributed by atoms with van der Waals surface area (Å²) in [6.45, 7) is 5.71. The molecule has 0 aliphatic carbocycles. The number of nitrogens with zero attached hydrogens (tertiary/aromatic N) is 1. The van der Waals surface area contributed by atoms with E-state index in [0.717, 1.165) is 12.1 Å². The predicted octanol–water partition coefficient (Wildman–Crippen LogP) is 1.65. The highest BCUT2D eigenvalue weighted by molar-refractivity contribution is 6.59. The molecule has 0 heterocycles. The lowest BCUT2D eigenvalue weighted by molar-refractivity contribution is 0.109. The third-order valence-electron chi connectivity index (χ3n) is 1.62. The smallest absolute Gasteiger partial charge is 0.394 e. The average Bonchev–Trinajstić information content (AvgIpc) is 2.13. The van der Waals surface area contributed by atoms with Gasteiger partial charge in [0, 0.05) is 20.8 Å². The Kier molecular flexibility index (Phi) is 5.11. The second-order valence-electron chi connectivity index (χ2n) is 2.54. The summed E-state index contributed by atoms with van der Waals surface area (Å²) < 4.78 is 15.3. The van der Waals surface area contributed by atoms with Crippen molar-refractivity contribution in [2.75, 3.05) is 14.2 Å². The predicted molar refractivity (Wildman–Crippen MR) is 50.1 cm³/mol. The van der Waals surface area contributed by atoms with E-state index < -0.39 is 8.80 Å². The Hall–Kier alpha value is -0.393. The van der Waals surface area contributed by atoms with Gasteiger partial charge in [0.15, 0.2) is 0 Å². The van der Waals surface area contributed by atoms with Crippen molar-refractivity contribution >= 4 is 14.5 Å². The minimum absolute atomic E-state index is 0.873. The molecule has 0 aromatic heterocycles. The molecule has 0 saturated carbocycles.